The third-order valence-electron chi connectivity index (χ3n) is 6.23. The van der Waals surface area contributed by atoms with Gasteiger partial charge in [-0.1, -0.05) is 84.9 Å². The molecule has 0 radical (unpaired) electrons. The number of hydrogen-bond acceptors (Lipinski definition) is 4. The Morgan fingerprint density at radius 3 is 2.11 bits per heavy atom. The van der Waals surface area contributed by atoms with Crippen molar-refractivity contribution in [3.63, 3.8) is 0 Å². The Morgan fingerprint density at radius 1 is 0.657 bits per heavy atom. The summed E-state index contributed by atoms with van der Waals surface area (Å²) in [7, 11) is 0. The third-order valence-corrected chi connectivity index (χ3v) is 6.23. The van der Waals surface area contributed by atoms with E-state index in [-0.39, 0.29) is 28.6 Å². The molecular weight excluding hydrogens is 436 g/mol. The second-order valence-corrected chi connectivity index (χ2v) is 8.32. The lowest BCUT2D eigenvalue weighted by Crippen LogP contribution is -2.24. The van der Waals surface area contributed by atoms with Gasteiger partial charge in [0.05, 0.1) is 28.0 Å². The van der Waals surface area contributed by atoms with E-state index in [0.29, 0.717) is 39.0 Å². The smallest absolute Gasteiger partial charge is 0.256 e. The van der Waals surface area contributed by atoms with E-state index in [1.54, 1.807) is 48.5 Å². The summed E-state index contributed by atoms with van der Waals surface area (Å²) in [6.45, 7) is 0. The van der Waals surface area contributed by atoms with E-state index in [1.165, 1.54) is 0 Å². The first-order valence-electron chi connectivity index (χ1n) is 11.2. The van der Waals surface area contributed by atoms with Crippen LogP contribution in [-0.2, 0) is 0 Å². The second-order valence-electron chi connectivity index (χ2n) is 8.32. The number of amides is 1. The highest BCUT2D eigenvalue weighted by molar-refractivity contribution is 6.31. The minimum Gasteiger partial charge on any atom is -0.321 e. The molecule has 0 bridgehead atoms. The zero-order valence-corrected chi connectivity index (χ0v) is 18.5. The molecule has 5 heteroatoms. The monoisotopic (exact) mass is 454 g/mol. The van der Waals surface area contributed by atoms with Gasteiger partial charge >= 0.3 is 0 Å². The van der Waals surface area contributed by atoms with Crippen molar-refractivity contribution in [2.45, 2.75) is 0 Å². The highest BCUT2D eigenvalue weighted by Crippen LogP contribution is 2.33. The van der Waals surface area contributed by atoms with Crippen LogP contribution in [0.2, 0.25) is 0 Å². The number of hydrogen-bond donors (Lipinski definition) is 1. The minimum absolute atomic E-state index is 0.214. The van der Waals surface area contributed by atoms with Gasteiger partial charge in [-0.05, 0) is 18.2 Å². The quantitative estimate of drug-likeness (QED) is 0.360. The molecule has 166 valence electrons. The number of nitrogens with one attached hydrogen (secondary N) is 1. The Bertz CT molecular complexity index is 1670. The van der Waals surface area contributed by atoms with Gasteiger partial charge < -0.3 is 5.32 Å². The lowest BCUT2D eigenvalue weighted by molar-refractivity contribution is 0.0978. The van der Waals surface area contributed by atoms with Gasteiger partial charge in [-0.2, -0.15) is 0 Å². The summed E-state index contributed by atoms with van der Waals surface area (Å²) in [4.78, 5) is 44.7. The van der Waals surface area contributed by atoms with Gasteiger partial charge in [-0.25, -0.2) is 4.98 Å². The highest BCUT2D eigenvalue weighted by Gasteiger charge is 2.31. The van der Waals surface area contributed by atoms with Crippen LogP contribution in [0.5, 0.6) is 0 Å². The third kappa shape index (κ3) is 3.42. The summed E-state index contributed by atoms with van der Waals surface area (Å²) in [5.41, 5.74) is 4.21. The van der Waals surface area contributed by atoms with Gasteiger partial charge in [0.15, 0.2) is 11.6 Å². The van der Waals surface area contributed by atoms with Crippen molar-refractivity contribution in [2.24, 2.45) is 0 Å². The van der Waals surface area contributed by atoms with Crippen LogP contribution in [0.15, 0.2) is 103 Å². The number of aromatic nitrogens is 1. The maximum atomic E-state index is 13.6. The number of carbonyl (C=O) groups excluding carboxylic acids is 3. The van der Waals surface area contributed by atoms with Crippen LogP contribution in [0, 0.1) is 0 Å². The molecular formula is C30H18N2O3. The predicted molar refractivity (Wildman–Crippen MR) is 135 cm³/mol. The maximum Gasteiger partial charge on any atom is 0.256 e. The Hall–Kier alpha value is -4.90. The zero-order valence-electron chi connectivity index (χ0n) is 18.5. The molecule has 4 aromatic carbocycles. The lowest BCUT2D eigenvalue weighted by atomic mass is 9.83. The van der Waals surface area contributed by atoms with Crippen molar-refractivity contribution in [3.8, 4) is 11.3 Å². The number of anilines is 1. The van der Waals surface area contributed by atoms with Crippen molar-refractivity contribution < 1.29 is 14.4 Å². The molecule has 5 aromatic rings. The predicted octanol–water partition coefficient (Wildman–Crippen LogP) is 5.93. The van der Waals surface area contributed by atoms with Crippen molar-refractivity contribution in [1.29, 1.82) is 0 Å². The number of rotatable bonds is 3. The molecule has 0 saturated carbocycles. The van der Waals surface area contributed by atoms with Gasteiger partial charge in [-0.3, -0.25) is 14.4 Å². The van der Waals surface area contributed by atoms with Crippen LogP contribution in [0.1, 0.15) is 42.2 Å². The molecule has 0 fully saturated rings. The van der Waals surface area contributed by atoms with Crippen molar-refractivity contribution in [2.75, 3.05) is 5.32 Å². The molecule has 1 aromatic heterocycles. The number of carbonyl (C=O) groups is 3. The fourth-order valence-electron chi connectivity index (χ4n) is 4.56. The number of nitrogens with zero attached hydrogens (tertiary/aromatic N) is 1. The molecule has 0 atom stereocenters. The molecule has 0 spiro atoms. The average Bonchev–Trinajstić information content (AvgIpc) is 2.91. The normalized spacial score (nSPS) is 12.2. The van der Waals surface area contributed by atoms with Crippen molar-refractivity contribution >= 4 is 34.1 Å². The molecule has 0 unspecified atom stereocenters. The first-order chi connectivity index (χ1) is 17.1. The average molecular weight is 454 g/mol. The SMILES string of the molecule is O=C1c2ccccc2C(=O)c2c(NC(=O)c3cc(-c4ccccc4)nc4ccccc34)cccc21. The van der Waals surface area contributed by atoms with E-state index in [2.05, 4.69) is 5.32 Å². The molecule has 35 heavy (non-hydrogen) atoms. The van der Waals surface area contributed by atoms with E-state index in [0.717, 1.165) is 5.56 Å². The van der Waals surface area contributed by atoms with E-state index >= 15 is 0 Å². The molecule has 0 aliphatic heterocycles. The highest BCUT2D eigenvalue weighted by atomic mass is 16.2. The second kappa shape index (κ2) is 8.15. The maximum absolute atomic E-state index is 13.6. The molecule has 1 aliphatic rings. The Kier molecular flexibility index (Phi) is 4.82. The number of benzene rings is 4. The lowest BCUT2D eigenvalue weighted by Gasteiger charge is -2.20. The Balaban J connectivity index is 1.45. The largest absolute Gasteiger partial charge is 0.321 e. The van der Waals surface area contributed by atoms with Gasteiger partial charge in [0.2, 0.25) is 0 Å². The fourth-order valence-corrected chi connectivity index (χ4v) is 4.56. The van der Waals surface area contributed by atoms with Crippen LogP contribution < -0.4 is 5.32 Å². The van der Waals surface area contributed by atoms with E-state index in [9.17, 15) is 14.4 Å². The van der Waals surface area contributed by atoms with Gasteiger partial charge in [0.1, 0.15) is 0 Å². The first-order valence-corrected chi connectivity index (χ1v) is 11.2. The molecule has 0 saturated heterocycles. The summed E-state index contributed by atoms with van der Waals surface area (Å²) >= 11 is 0. The number of ketones is 2. The molecule has 1 amide bonds. The van der Waals surface area contributed by atoms with Crippen LogP contribution in [0.25, 0.3) is 22.2 Å². The van der Waals surface area contributed by atoms with Gasteiger partial charge in [0, 0.05) is 27.6 Å². The van der Waals surface area contributed by atoms with Crippen LogP contribution in [0.3, 0.4) is 0 Å². The van der Waals surface area contributed by atoms with Gasteiger partial charge in [0.25, 0.3) is 5.91 Å². The van der Waals surface area contributed by atoms with E-state index in [4.69, 9.17) is 4.98 Å². The summed E-state index contributed by atoms with van der Waals surface area (Å²) in [6, 6.07) is 30.5. The summed E-state index contributed by atoms with van der Waals surface area (Å²) in [6.07, 6.45) is 0. The standard InChI is InChI=1S/C30H18N2O3/c33-28-20-12-4-5-13-21(20)29(34)27-22(28)14-8-16-25(27)32-30(35)23-17-26(18-9-2-1-3-10-18)31-24-15-7-6-11-19(23)24/h1-17H,(H,32,35). The topological polar surface area (TPSA) is 76.1 Å². The molecule has 6 rings (SSSR count). The number of fused-ring (bicyclic) bond motifs is 3. The summed E-state index contributed by atoms with van der Waals surface area (Å²) in [5.74, 6) is -0.893. The fraction of sp³-hybridized carbons (Fsp3) is 0. The summed E-state index contributed by atoms with van der Waals surface area (Å²) < 4.78 is 0. The van der Waals surface area contributed by atoms with Crippen molar-refractivity contribution in [1.82, 2.24) is 4.98 Å². The van der Waals surface area contributed by atoms with E-state index in [1.807, 2.05) is 54.6 Å². The summed E-state index contributed by atoms with van der Waals surface area (Å²) in [5, 5.41) is 3.60. The first kappa shape index (κ1) is 20.7. The molecule has 1 heterocycles. The Labute approximate surface area is 201 Å². The molecule has 1 aliphatic carbocycles. The molecule has 1 N–H and O–H groups in total. The zero-order chi connectivity index (χ0) is 23.9. The van der Waals surface area contributed by atoms with E-state index < -0.39 is 0 Å². The van der Waals surface area contributed by atoms with Crippen LogP contribution in [0.4, 0.5) is 5.69 Å². The minimum atomic E-state index is -0.381. The number of pyridine rings is 1. The van der Waals surface area contributed by atoms with Gasteiger partial charge in [-0.15, -0.1) is 0 Å². The number of para-hydroxylation sites is 1. The van der Waals surface area contributed by atoms with Crippen LogP contribution >= 0.6 is 0 Å². The van der Waals surface area contributed by atoms with Crippen LogP contribution in [-0.4, -0.2) is 22.5 Å². The van der Waals surface area contributed by atoms with Crippen molar-refractivity contribution in [3.05, 3.63) is 131 Å². The Morgan fingerprint density at radius 2 is 1.31 bits per heavy atom. The molecule has 5 nitrogen and oxygen atoms in total.